The number of halogens is 2. The minimum atomic E-state index is -1.07. The molecule has 0 spiro atoms. The summed E-state index contributed by atoms with van der Waals surface area (Å²) in [7, 11) is 0. The molecule has 98 valence electrons. The predicted octanol–water partition coefficient (Wildman–Crippen LogP) is 3.09. The fourth-order valence-corrected chi connectivity index (χ4v) is 1.86. The molecule has 2 rings (SSSR count). The first-order valence-electron chi connectivity index (χ1n) is 5.29. The van der Waals surface area contributed by atoms with E-state index in [2.05, 4.69) is 15.3 Å². The van der Waals surface area contributed by atoms with Crippen LogP contribution in [-0.4, -0.2) is 21.0 Å². The number of anilines is 1. The Morgan fingerprint density at radius 3 is 2.89 bits per heavy atom. The van der Waals surface area contributed by atoms with Crippen LogP contribution in [0.4, 0.5) is 5.69 Å². The van der Waals surface area contributed by atoms with Crippen molar-refractivity contribution in [2.75, 3.05) is 5.32 Å². The number of rotatable bonds is 4. The summed E-state index contributed by atoms with van der Waals surface area (Å²) in [5, 5.41) is 12.8. The monoisotopic (exact) mass is 297 g/mol. The van der Waals surface area contributed by atoms with Gasteiger partial charge in [-0.2, -0.15) is 0 Å². The van der Waals surface area contributed by atoms with Gasteiger partial charge in [0, 0.05) is 6.20 Å². The van der Waals surface area contributed by atoms with Gasteiger partial charge in [-0.05, 0) is 12.1 Å². The maximum atomic E-state index is 11.0. The minimum Gasteiger partial charge on any atom is -0.478 e. The van der Waals surface area contributed by atoms with Crippen LogP contribution in [0.25, 0.3) is 0 Å². The zero-order valence-electron chi connectivity index (χ0n) is 9.60. The number of aromatic carboxylic acids is 1. The summed E-state index contributed by atoms with van der Waals surface area (Å²) in [6, 6.07) is 5.16. The molecule has 0 fully saturated rings. The van der Waals surface area contributed by atoms with Crippen LogP contribution >= 0.6 is 23.2 Å². The average Bonchev–Trinajstić information content (AvgIpc) is 2.40. The maximum Gasteiger partial charge on any atom is 0.339 e. The van der Waals surface area contributed by atoms with Crippen LogP contribution in [0.15, 0.2) is 30.7 Å². The number of carboxylic acid groups (broad SMARTS) is 1. The van der Waals surface area contributed by atoms with Crippen LogP contribution in [0, 0.1) is 0 Å². The lowest BCUT2D eigenvalue weighted by Crippen LogP contribution is -2.10. The van der Waals surface area contributed by atoms with E-state index in [1.165, 1.54) is 12.5 Å². The van der Waals surface area contributed by atoms with Crippen LogP contribution in [-0.2, 0) is 6.54 Å². The van der Waals surface area contributed by atoms with Crippen molar-refractivity contribution < 1.29 is 9.90 Å². The Hall–Kier alpha value is -1.85. The topological polar surface area (TPSA) is 75.1 Å². The first-order chi connectivity index (χ1) is 9.09. The second-order valence-electron chi connectivity index (χ2n) is 3.64. The first-order valence-corrected chi connectivity index (χ1v) is 6.05. The van der Waals surface area contributed by atoms with Gasteiger partial charge in [0.25, 0.3) is 0 Å². The van der Waals surface area contributed by atoms with E-state index in [9.17, 15) is 4.79 Å². The summed E-state index contributed by atoms with van der Waals surface area (Å²) in [4.78, 5) is 18.6. The van der Waals surface area contributed by atoms with E-state index in [0.29, 0.717) is 21.4 Å². The highest BCUT2D eigenvalue weighted by Crippen LogP contribution is 2.29. The molecule has 0 aliphatic heterocycles. The van der Waals surface area contributed by atoms with Crippen LogP contribution in [0.5, 0.6) is 0 Å². The third-order valence-corrected chi connectivity index (χ3v) is 3.24. The summed E-state index contributed by atoms with van der Waals surface area (Å²) >= 11 is 11.9. The van der Waals surface area contributed by atoms with E-state index in [-0.39, 0.29) is 12.1 Å². The standard InChI is InChI=1S/C12H9Cl2N3O2/c13-8-2-1-3-9(11(8)14)16-5-10-7(12(18)19)4-15-6-17-10/h1-4,6,16H,5H2,(H,18,19). The zero-order valence-corrected chi connectivity index (χ0v) is 11.1. The second-order valence-corrected chi connectivity index (χ2v) is 4.43. The van der Waals surface area contributed by atoms with E-state index in [1.807, 2.05) is 0 Å². The average molecular weight is 298 g/mol. The van der Waals surface area contributed by atoms with Crippen LogP contribution in [0.1, 0.15) is 16.1 Å². The van der Waals surface area contributed by atoms with Gasteiger partial charge in [-0.25, -0.2) is 14.8 Å². The Morgan fingerprint density at radius 1 is 1.37 bits per heavy atom. The van der Waals surface area contributed by atoms with Gasteiger partial charge in [-0.1, -0.05) is 29.3 Å². The third-order valence-electron chi connectivity index (χ3n) is 2.42. The van der Waals surface area contributed by atoms with Gasteiger partial charge in [0.15, 0.2) is 0 Å². The highest BCUT2D eigenvalue weighted by molar-refractivity contribution is 6.43. The number of aromatic nitrogens is 2. The molecule has 1 aromatic carbocycles. The highest BCUT2D eigenvalue weighted by atomic mass is 35.5. The number of benzene rings is 1. The molecular formula is C12H9Cl2N3O2. The van der Waals surface area contributed by atoms with Gasteiger partial charge in [0.1, 0.15) is 11.9 Å². The molecule has 0 radical (unpaired) electrons. The number of hydrogen-bond donors (Lipinski definition) is 2. The highest BCUT2D eigenvalue weighted by Gasteiger charge is 2.12. The Morgan fingerprint density at radius 2 is 2.16 bits per heavy atom. The lowest BCUT2D eigenvalue weighted by atomic mass is 10.2. The SMILES string of the molecule is O=C(O)c1cncnc1CNc1cccc(Cl)c1Cl. The van der Waals surface area contributed by atoms with Crippen LogP contribution in [0.3, 0.4) is 0 Å². The normalized spacial score (nSPS) is 10.2. The van der Waals surface area contributed by atoms with Gasteiger partial charge >= 0.3 is 5.97 Å². The van der Waals surface area contributed by atoms with Crippen molar-refractivity contribution in [2.45, 2.75) is 6.54 Å². The van der Waals surface area contributed by atoms with E-state index in [1.54, 1.807) is 18.2 Å². The number of nitrogens with zero attached hydrogens (tertiary/aromatic N) is 2. The minimum absolute atomic E-state index is 0.0492. The molecule has 0 unspecified atom stereocenters. The largest absolute Gasteiger partial charge is 0.478 e. The van der Waals surface area contributed by atoms with Gasteiger partial charge in [-0.3, -0.25) is 0 Å². The molecule has 19 heavy (non-hydrogen) atoms. The van der Waals surface area contributed by atoms with Gasteiger partial charge in [0.05, 0.1) is 28.0 Å². The van der Waals surface area contributed by atoms with Crippen molar-refractivity contribution in [3.05, 3.63) is 52.0 Å². The van der Waals surface area contributed by atoms with E-state index in [4.69, 9.17) is 28.3 Å². The molecule has 2 N–H and O–H groups in total. The van der Waals surface area contributed by atoms with E-state index < -0.39 is 5.97 Å². The molecule has 1 aromatic heterocycles. The summed E-state index contributed by atoms with van der Waals surface area (Å²) in [5.41, 5.74) is 1.04. The van der Waals surface area contributed by atoms with Crippen molar-refractivity contribution in [1.82, 2.24) is 9.97 Å². The lowest BCUT2D eigenvalue weighted by Gasteiger charge is -2.10. The fourth-order valence-electron chi connectivity index (χ4n) is 1.49. The maximum absolute atomic E-state index is 11.0. The molecule has 0 saturated carbocycles. The van der Waals surface area contributed by atoms with E-state index >= 15 is 0 Å². The molecule has 0 bridgehead atoms. The van der Waals surface area contributed by atoms with E-state index in [0.717, 1.165) is 0 Å². The molecular weight excluding hydrogens is 289 g/mol. The molecule has 0 aliphatic rings. The molecule has 7 heteroatoms. The van der Waals surface area contributed by atoms with Crippen LogP contribution < -0.4 is 5.32 Å². The number of carbonyl (C=O) groups is 1. The van der Waals surface area contributed by atoms with Gasteiger partial charge in [-0.15, -0.1) is 0 Å². The molecule has 0 saturated heterocycles. The van der Waals surface area contributed by atoms with Crippen molar-refractivity contribution in [1.29, 1.82) is 0 Å². The molecule has 1 heterocycles. The Bertz CT molecular complexity index is 620. The smallest absolute Gasteiger partial charge is 0.339 e. The van der Waals surface area contributed by atoms with Crippen molar-refractivity contribution in [2.24, 2.45) is 0 Å². The number of hydrogen-bond acceptors (Lipinski definition) is 4. The second kappa shape index (κ2) is 5.86. The Balaban J connectivity index is 2.19. The molecule has 0 atom stereocenters. The van der Waals surface area contributed by atoms with Gasteiger partial charge in [0.2, 0.25) is 0 Å². The summed E-state index contributed by atoms with van der Waals surface area (Å²) in [5.74, 6) is -1.07. The zero-order chi connectivity index (χ0) is 13.8. The third kappa shape index (κ3) is 3.13. The molecule has 5 nitrogen and oxygen atoms in total. The Labute approximate surface area is 119 Å². The van der Waals surface area contributed by atoms with Crippen molar-refractivity contribution in [3.63, 3.8) is 0 Å². The first kappa shape index (κ1) is 13.6. The van der Waals surface area contributed by atoms with Crippen molar-refractivity contribution in [3.8, 4) is 0 Å². The summed E-state index contributed by atoms with van der Waals surface area (Å²) < 4.78 is 0. The number of carboxylic acids is 1. The van der Waals surface area contributed by atoms with Crippen LogP contribution in [0.2, 0.25) is 10.0 Å². The Kier molecular flexibility index (Phi) is 4.19. The predicted molar refractivity (Wildman–Crippen MR) is 72.8 cm³/mol. The number of nitrogens with one attached hydrogen (secondary N) is 1. The fraction of sp³-hybridized carbons (Fsp3) is 0.0833. The van der Waals surface area contributed by atoms with Gasteiger partial charge < -0.3 is 10.4 Å². The van der Waals surface area contributed by atoms with Crippen molar-refractivity contribution >= 4 is 34.9 Å². The lowest BCUT2D eigenvalue weighted by molar-refractivity contribution is 0.0694. The summed E-state index contributed by atoms with van der Waals surface area (Å²) in [6.07, 6.45) is 2.55. The summed E-state index contributed by atoms with van der Waals surface area (Å²) in [6.45, 7) is 0.213. The molecule has 0 aliphatic carbocycles. The molecule has 2 aromatic rings. The quantitative estimate of drug-likeness (QED) is 0.907. The molecule has 0 amide bonds.